The molecule has 0 fully saturated rings. The molecule has 0 unspecified atom stereocenters. The number of nitrogens with one attached hydrogen (secondary N) is 1. The minimum Gasteiger partial charge on any atom is -0.358 e. The van der Waals surface area contributed by atoms with Gasteiger partial charge in [-0.2, -0.15) is 0 Å². The molecule has 1 N–H and O–H groups in total. The normalized spacial score (nSPS) is 10.9. The second kappa shape index (κ2) is 4.87. The van der Waals surface area contributed by atoms with Crippen LogP contribution >= 0.6 is 15.9 Å². The third-order valence-corrected chi connectivity index (χ3v) is 3.79. The Morgan fingerprint density at radius 1 is 1.20 bits per heavy atom. The molecule has 0 spiro atoms. The number of hydrogen-bond donors (Lipinski definition) is 1. The van der Waals surface area contributed by atoms with Gasteiger partial charge in [-0.05, 0) is 31.2 Å². The Morgan fingerprint density at radius 2 is 1.95 bits per heavy atom. The zero-order valence-corrected chi connectivity index (χ0v) is 12.3. The second-order valence-corrected chi connectivity index (χ2v) is 5.54. The standard InChI is InChI=1S/C16H11BrFNO/c1-9-15(11-4-2-3-5-14(11)19-9)16(20)12-8-10(17)6-7-13(12)18/h2-8,19H,1H3. The summed E-state index contributed by atoms with van der Waals surface area (Å²) >= 11 is 3.27. The van der Waals surface area contributed by atoms with Gasteiger partial charge in [0, 0.05) is 21.1 Å². The lowest BCUT2D eigenvalue weighted by Crippen LogP contribution is -2.05. The number of aromatic amines is 1. The van der Waals surface area contributed by atoms with Crippen LogP contribution in [-0.2, 0) is 0 Å². The third-order valence-electron chi connectivity index (χ3n) is 3.29. The largest absolute Gasteiger partial charge is 0.358 e. The van der Waals surface area contributed by atoms with Crippen molar-refractivity contribution in [2.24, 2.45) is 0 Å². The van der Waals surface area contributed by atoms with Crippen LogP contribution in [0.1, 0.15) is 21.6 Å². The minimum atomic E-state index is -0.511. The molecule has 0 aliphatic heterocycles. The maximum absolute atomic E-state index is 13.9. The zero-order chi connectivity index (χ0) is 14.3. The fraction of sp³-hybridized carbons (Fsp3) is 0.0625. The van der Waals surface area contributed by atoms with E-state index in [4.69, 9.17) is 0 Å². The molecule has 0 amide bonds. The van der Waals surface area contributed by atoms with Crippen LogP contribution in [0, 0.1) is 12.7 Å². The van der Waals surface area contributed by atoms with Gasteiger partial charge >= 0.3 is 0 Å². The van der Waals surface area contributed by atoms with Gasteiger partial charge in [0.1, 0.15) is 5.82 Å². The smallest absolute Gasteiger partial charge is 0.198 e. The van der Waals surface area contributed by atoms with Gasteiger partial charge in [0.2, 0.25) is 0 Å². The van der Waals surface area contributed by atoms with E-state index in [0.29, 0.717) is 10.0 Å². The number of H-pyrrole nitrogens is 1. The molecule has 0 bridgehead atoms. The van der Waals surface area contributed by atoms with Crippen molar-refractivity contribution in [3.63, 3.8) is 0 Å². The molecule has 3 aromatic rings. The molecule has 0 saturated heterocycles. The van der Waals surface area contributed by atoms with Crippen molar-refractivity contribution in [3.8, 4) is 0 Å². The van der Waals surface area contributed by atoms with Crippen LogP contribution in [-0.4, -0.2) is 10.8 Å². The number of carbonyl (C=O) groups excluding carboxylic acids is 1. The number of aromatic nitrogens is 1. The number of ketones is 1. The van der Waals surface area contributed by atoms with Gasteiger partial charge < -0.3 is 4.98 Å². The molecule has 1 heterocycles. The van der Waals surface area contributed by atoms with Crippen LogP contribution < -0.4 is 0 Å². The second-order valence-electron chi connectivity index (χ2n) is 4.62. The van der Waals surface area contributed by atoms with Crippen molar-refractivity contribution < 1.29 is 9.18 Å². The molecule has 0 aliphatic carbocycles. The van der Waals surface area contributed by atoms with Crippen LogP contribution in [0.2, 0.25) is 0 Å². The first-order valence-electron chi connectivity index (χ1n) is 6.15. The summed E-state index contributed by atoms with van der Waals surface area (Å²) in [6.45, 7) is 1.82. The van der Waals surface area contributed by atoms with Gasteiger partial charge in [0.05, 0.1) is 11.1 Å². The van der Waals surface area contributed by atoms with Crippen molar-refractivity contribution in [1.29, 1.82) is 0 Å². The van der Waals surface area contributed by atoms with Crippen LogP contribution in [0.5, 0.6) is 0 Å². The molecule has 100 valence electrons. The van der Waals surface area contributed by atoms with E-state index in [1.807, 2.05) is 31.2 Å². The Bertz CT molecular complexity index is 822. The molecule has 0 atom stereocenters. The highest BCUT2D eigenvalue weighted by Crippen LogP contribution is 2.26. The lowest BCUT2D eigenvalue weighted by molar-refractivity contribution is 0.103. The van der Waals surface area contributed by atoms with Gasteiger partial charge in [-0.3, -0.25) is 4.79 Å². The number of para-hydroxylation sites is 1. The van der Waals surface area contributed by atoms with E-state index in [0.717, 1.165) is 16.6 Å². The Labute approximate surface area is 123 Å². The molecule has 0 aliphatic rings. The lowest BCUT2D eigenvalue weighted by atomic mass is 10.00. The van der Waals surface area contributed by atoms with E-state index >= 15 is 0 Å². The SMILES string of the molecule is Cc1[nH]c2ccccc2c1C(=O)c1cc(Br)ccc1F. The molecule has 0 saturated carbocycles. The molecular formula is C16H11BrFNO. The van der Waals surface area contributed by atoms with Crippen molar-refractivity contribution in [2.75, 3.05) is 0 Å². The van der Waals surface area contributed by atoms with E-state index in [2.05, 4.69) is 20.9 Å². The van der Waals surface area contributed by atoms with Crippen LogP contribution in [0.3, 0.4) is 0 Å². The van der Waals surface area contributed by atoms with Crippen LogP contribution in [0.15, 0.2) is 46.9 Å². The number of rotatable bonds is 2. The molecular weight excluding hydrogens is 321 g/mol. The summed E-state index contributed by atoms with van der Waals surface area (Å²) in [5.41, 5.74) is 2.23. The molecule has 3 rings (SSSR count). The lowest BCUT2D eigenvalue weighted by Gasteiger charge is -2.04. The van der Waals surface area contributed by atoms with Gasteiger partial charge in [0.25, 0.3) is 0 Å². The van der Waals surface area contributed by atoms with E-state index in [1.165, 1.54) is 12.1 Å². The number of aryl methyl sites for hydroxylation is 1. The summed E-state index contributed by atoms with van der Waals surface area (Å²) in [4.78, 5) is 15.8. The highest BCUT2D eigenvalue weighted by Gasteiger charge is 2.20. The Balaban J connectivity index is 2.22. The van der Waals surface area contributed by atoms with Crippen LogP contribution in [0.4, 0.5) is 4.39 Å². The fourth-order valence-corrected chi connectivity index (χ4v) is 2.74. The van der Waals surface area contributed by atoms with E-state index in [-0.39, 0.29) is 11.3 Å². The average Bonchev–Trinajstić information content (AvgIpc) is 2.76. The zero-order valence-electron chi connectivity index (χ0n) is 10.7. The first kappa shape index (κ1) is 13.1. The third kappa shape index (κ3) is 2.06. The molecule has 0 radical (unpaired) electrons. The predicted molar refractivity (Wildman–Crippen MR) is 80.6 cm³/mol. The Hall–Kier alpha value is -1.94. The van der Waals surface area contributed by atoms with E-state index in [9.17, 15) is 9.18 Å². The monoisotopic (exact) mass is 331 g/mol. The summed E-state index contributed by atoms with van der Waals surface area (Å²) in [7, 11) is 0. The van der Waals surface area contributed by atoms with Crippen molar-refractivity contribution in [2.45, 2.75) is 6.92 Å². The fourth-order valence-electron chi connectivity index (χ4n) is 2.38. The van der Waals surface area contributed by atoms with Crippen molar-refractivity contribution >= 4 is 32.6 Å². The van der Waals surface area contributed by atoms with Crippen LogP contribution in [0.25, 0.3) is 10.9 Å². The van der Waals surface area contributed by atoms with Crippen molar-refractivity contribution in [1.82, 2.24) is 4.98 Å². The van der Waals surface area contributed by atoms with Gasteiger partial charge in [-0.25, -0.2) is 4.39 Å². The van der Waals surface area contributed by atoms with E-state index < -0.39 is 5.82 Å². The van der Waals surface area contributed by atoms with Crippen molar-refractivity contribution in [3.05, 3.63) is 69.6 Å². The summed E-state index contributed by atoms with van der Waals surface area (Å²) in [6.07, 6.45) is 0. The number of benzene rings is 2. The topological polar surface area (TPSA) is 32.9 Å². The van der Waals surface area contributed by atoms with Gasteiger partial charge in [-0.1, -0.05) is 34.1 Å². The maximum atomic E-state index is 13.9. The first-order valence-corrected chi connectivity index (χ1v) is 6.94. The molecule has 1 aromatic heterocycles. The first-order chi connectivity index (χ1) is 9.58. The summed E-state index contributed by atoms with van der Waals surface area (Å²) in [5, 5.41) is 0.814. The molecule has 2 nitrogen and oxygen atoms in total. The predicted octanol–water partition coefficient (Wildman–Crippen LogP) is 4.61. The highest BCUT2D eigenvalue weighted by molar-refractivity contribution is 9.10. The van der Waals surface area contributed by atoms with E-state index in [1.54, 1.807) is 6.07 Å². The van der Waals surface area contributed by atoms with Gasteiger partial charge in [0.15, 0.2) is 5.78 Å². The molecule has 20 heavy (non-hydrogen) atoms. The summed E-state index contributed by atoms with van der Waals surface area (Å²) in [5.74, 6) is -0.818. The number of carbonyl (C=O) groups is 1. The summed E-state index contributed by atoms with van der Waals surface area (Å²) in [6, 6.07) is 11.9. The average molecular weight is 332 g/mol. The highest BCUT2D eigenvalue weighted by atomic mass is 79.9. The number of hydrogen-bond acceptors (Lipinski definition) is 1. The Morgan fingerprint density at radius 3 is 2.75 bits per heavy atom. The minimum absolute atomic E-state index is 0.0761. The summed E-state index contributed by atoms with van der Waals surface area (Å²) < 4.78 is 14.6. The van der Waals surface area contributed by atoms with Gasteiger partial charge in [-0.15, -0.1) is 0 Å². The number of fused-ring (bicyclic) bond motifs is 1. The maximum Gasteiger partial charge on any atom is 0.198 e. The Kier molecular flexibility index (Phi) is 3.18. The number of halogens is 2. The quantitative estimate of drug-likeness (QED) is 0.683. The molecule has 4 heteroatoms. The molecule has 2 aromatic carbocycles.